The lowest BCUT2D eigenvalue weighted by molar-refractivity contribution is 0.0951. The lowest BCUT2D eigenvalue weighted by Gasteiger charge is -2.17. The van der Waals surface area contributed by atoms with Crippen molar-refractivity contribution in [3.63, 3.8) is 0 Å². The normalized spacial score (nSPS) is 10.7. The predicted octanol–water partition coefficient (Wildman–Crippen LogP) is 1.61. The van der Waals surface area contributed by atoms with Gasteiger partial charge in [0.15, 0.2) is 0 Å². The zero-order valence-corrected chi connectivity index (χ0v) is 12.0. The first-order valence-corrected chi connectivity index (χ1v) is 7.01. The molecule has 0 saturated carbocycles. The number of carbonyl (C=O) groups is 1. The van der Waals surface area contributed by atoms with Gasteiger partial charge in [0.1, 0.15) is 0 Å². The average Bonchev–Trinajstić information content (AvgIpc) is 2.47. The SMILES string of the molecule is CCN(CC)CCCNC(=O)c1ccccc1CN. The second-order valence-corrected chi connectivity index (χ2v) is 4.50. The molecule has 1 amide bonds. The van der Waals surface area contributed by atoms with Crippen molar-refractivity contribution in [2.45, 2.75) is 26.8 Å². The molecule has 4 nitrogen and oxygen atoms in total. The van der Waals surface area contributed by atoms with E-state index in [9.17, 15) is 4.79 Å². The third kappa shape index (κ3) is 5.01. The van der Waals surface area contributed by atoms with E-state index in [1.807, 2.05) is 24.3 Å². The Balaban J connectivity index is 2.39. The van der Waals surface area contributed by atoms with Gasteiger partial charge in [-0.15, -0.1) is 0 Å². The van der Waals surface area contributed by atoms with Crippen LogP contribution in [0.4, 0.5) is 0 Å². The van der Waals surface area contributed by atoms with E-state index in [2.05, 4.69) is 24.1 Å². The molecule has 1 rings (SSSR count). The van der Waals surface area contributed by atoms with Crippen LogP contribution >= 0.6 is 0 Å². The minimum atomic E-state index is -0.0272. The molecule has 0 spiro atoms. The zero-order chi connectivity index (χ0) is 14.1. The van der Waals surface area contributed by atoms with E-state index >= 15 is 0 Å². The van der Waals surface area contributed by atoms with Crippen LogP contribution in [-0.4, -0.2) is 37.0 Å². The van der Waals surface area contributed by atoms with Gasteiger partial charge in [0, 0.05) is 18.7 Å². The van der Waals surface area contributed by atoms with Gasteiger partial charge in [-0.25, -0.2) is 0 Å². The van der Waals surface area contributed by atoms with Crippen molar-refractivity contribution in [3.05, 3.63) is 35.4 Å². The molecule has 0 aromatic heterocycles. The maximum atomic E-state index is 12.0. The Bertz CT molecular complexity index is 389. The lowest BCUT2D eigenvalue weighted by Crippen LogP contribution is -2.30. The number of hydrogen-bond donors (Lipinski definition) is 2. The van der Waals surface area contributed by atoms with Crippen LogP contribution in [0.3, 0.4) is 0 Å². The zero-order valence-electron chi connectivity index (χ0n) is 12.0. The molecule has 0 radical (unpaired) electrons. The summed E-state index contributed by atoms with van der Waals surface area (Å²) in [6, 6.07) is 7.48. The number of hydrogen-bond acceptors (Lipinski definition) is 3. The third-order valence-corrected chi connectivity index (χ3v) is 3.31. The third-order valence-electron chi connectivity index (χ3n) is 3.31. The van der Waals surface area contributed by atoms with E-state index in [1.54, 1.807) is 0 Å². The molecule has 106 valence electrons. The van der Waals surface area contributed by atoms with Gasteiger partial charge < -0.3 is 16.0 Å². The van der Waals surface area contributed by atoms with Gasteiger partial charge in [-0.2, -0.15) is 0 Å². The van der Waals surface area contributed by atoms with Gasteiger partial charge in [0.2, 0.25) is 0 Å². The van der Waals surface area contributed by atoms with E-state index in [0.29, 0.717) is 18.7 Å². The van der Waals surface area contributed by atoms with Gasteiger partial charge in [0.05, 0.1) is 0 Å². The Hall–Kier alpha value is -1.39. The topological polar surface area (TPSA) is 58.4 Å². The van der Waals surface area contributed by atoms with Crippen LogP contribution in [0.1, 0.15) is 36.2 Å². The number of benzene rings is 1. The minimum Gasteiger partial charge on any atom is -0.352 e. The largest absolute Gasteiger partial charge is 0.352 e. The molecule has 0 heterocycles. The molecule has 0 aliphatic rings. The van der Waals surface area contributed by atoms with Crippen LogP contribution in [-0.2, 0) is 6.54 Å². The summed E-state index contributed by atoms with van der Waals surface area (Å²) in [5.41, 5.74) is 7.21. The number of amides is 1. The highest BCUT2D eigenvalue weighted by molar-refractivity contribution is 5.95. The Morgan fingerprint density at radius 2 is 1.95 bits per heavy atom. The molecule has 0 bridgehead atoms. The monoisotopic (exact) mass is 263 g/mol. The average molecular weight is 263 g/mol. The molecule has 4 heteroatoms. The summed E-state index contributed by atoms with van der Waals surface area (Å²) in [6.07, 6.45) is 0.970. The molecule has 0 saturated heterocycles. The summed E-state index contributed by atoms with van der Waals surface area (Å²) in [5.74, 6) is -0.0272. The van der Waals surface area contributed by atoms with Crippen molar-refractivity contribution in [3.8, 4) is 0 Å². The lowest BCUT2D eigenvalue weighted by atomic mass is 10.1. The summed E-state index contributed by atoms with van der Waals surface area (Å²) in [5, 5.41) is 2.96. The fourth-order valence-electron chi connectivity index (χ4n) is 2.06. The van der Waals surface area contributed by atoms with Crippen LogP contribution in [0.25, 0.3) is 0 Å². The first-order chi connectivity index (χ1) is 9.22. The van der Waals surface area contributed by atoms with Crippen molar-refractivity contribution >= 4 is 5.91 Å². The second kappa shape index (κ2) is 8.67. The van der Waals surface area contributed by atoms with Gasteiger partial charge in [-0.1, -0.05) is 32.0 Å². The van der Waals surface area contributed by atoms with Gasteiger partial charge in [-0.05, 0) is 37.7 Å². The molecule has 0 aliphatic carbocycles. The quantitative estimate of drug-likeness (QED) is 0.701. The van der Waals surface area contributed by atoms with Crippen LogP contribution in [0, 0.1) is 0 Å². The van der Waals surface area contributed by atoms with Crippen molar-refractivity contribution in [2.75, 3.05) is 26.2 Å². The van der Waals surface area contributed by atoms with E-state index < -0.39 is 0 Å². The maximum absolute atomic E-state index is 12.0. The number of nitrogens with two attached hydrogens (primary N) is 1. The predicted molar refractivity (Wildman–Crippen MR) is 79.1 cm³/mol. The van der Waals surface area contributed by atoms with Gasteiger partial charge in [0.25, 0.3) is 5.91 Å². The molecule has 1 aromatic carbocycles. The first kappa shape index (κ1) is 15.7. The minimum absolute atomic E-state index is 0.0272. The first-order valence-electron chi connectivity index (χ1n) is 7.01. The van der Waals surface area contributed by atoms with Gasteiger partial charge in [-0.3, -0.25) is 4.79 Å². The number of rotatable bonds is 8. The highest BCUT2D eigenvalue weighted by Gasteiger charge is 2.09. The summed E-state index contributed by atoms with van der Waals surface area (Å²) in [7, 11) is 0. The van der Waals surface area contributed by atoms with Crippen molar-refractivity contribution in [2.24, 2.45) is 5.73 Å². The Morgan fingerprint density at radius 3 is 2.58 bits per heavy atom. The van der Waals surface area contributed by atoms with E-state index in [4.69, 9.17) is 5.73 Å². The molecule has 0 aliphatic heterocycles. The fourth-order valence-corrected chi connectivity index (χ4v) is 2.06. The fraction of sp³-hybridized carbons (Fsp3) is 0.533. The Labute approximate surface area is 116 Å². The van der Waals surface area contributed by atoms with E-state index in [1.165, 1.54) is 0 Å². The molecule has 3 N–H and O–H groups in total. The van der Waals surface area contributed by atoms with Crippen molar-refractivity contribution in [1.29, 1.82) is 0 Å². The highest BCUT2D eigenvalue weighted by Crippen LogP contribution is 2.07. The van der Waals surface area contributed by atoms with Crippen molar-refractivity contribution in [1.82, 2.24) is 10.2 Å². The Kier molecular flexibility index (Phi) is 7.15. The smallest absolute Gasteiger partial charge is 0.251 e. The van der Waals surface area contributed by atoms with Crippen LogP contribution in [0.2, 0.25) is 0 Å². The molecule has 19 heavy (non-hydrogen) atoms. The van der Waals surface area contributed by atoms with E-state index in [-0.39, 0.29) is 5.91 Å². The molecular formula is C15H25N3O. The Morgan fingerprint density at radius 1 is 1.26 bits per heavy atom. The molecule has 0 atom stereocenters. The van der Waals surface area contributed by atoms with Gasteiger partial charge >= 0.3 is 0 Å². The maximum Gasteiger partial charge on any atom is 0.251 e. The van der Waals surface area contributed by atoms with Crippen LogP contribution in [0.5, 0.6) is 0 Å². The number of nitrogens with zero attached hydrogens (tertiary/aromatic N) is 1. The summed E-state index contributed by atoms with van der Waals surface area (Å²) >= 11 is 0. The van der Waals surface area contributed by atoms with Crippen LogP contribution < -0.4 is 11.1 Å². The summed E-state index contributed by atoms with van der Waals surface area (Å²) in [6.45, 7) is 8.53. The number of carbonyl (C=O) groups excluding carboxylic acids is 1. The number of nitrogens with one attached hydrogen (secondary N) is 1. The van der Waals surface area contributed by atoms with Crippen LogP contribution in [0.15, 0.2) is 24.3 Å². The van der Waals surface area contributed by atoms with Crippen molar-refractivity contribution < 1.29 is 4.79 Å². The standard InChI is InChI=1S/C15H25N3O/c1-3-18(4-2)11-7-10-17-15(19)14-9-6-5-8-13(14)12-16/h5-6,8-9H,3-4,7,10-12,16H2,1-2H3,(H,17,19). The summed E-state index contributed by atoms with van der Waals surface area (Å²) < 4.78 is 0. The second-order valence-electron chi connectivity index (χ2n) is 4.50. The summed E-state index contributed by atoms with van der Waals surface area (Å²) in [4.78, 5) is 14.4. The molecule has 0 fully saturated rings. The molecule has 1 aromatic rings. The van der Waals surface area contributed by atoms with E-state index in [0.717, 1.165) is 31.6 Å². The highest BCUT2D eigenvalue weighted by atomic mass is 16.1. The molecular weight excluding hydrogens is 238 g/mol. The molecule has 0 unspecified atom stereocenters.